The number of pyridine rings is 1. The van der Waals surface area contributed by atoms with E-state index in [9.17, 15) is 4.79 Å². The summed E-state index contributed by atoms with van der Waals surface area (Å²) in [5, 5.41) is 0.445. The topological polar surface area (TPSA) is 57.7 Å². The van der Waals surface area contributed by atoms with E-state index in [1.165, 1.54) is 0 Å². The van der Waals surface area contributed by atoms with E-state index >= 15 is 0 Å². The molecule has 2 aromatic rings. The van der Waals surface area contributed by atoms with E-state index in [1.54, 1.807) is 30.5 Å². The summed E-state index contributed by atoms with van der Waals surface area (Å²) in [6.45, 7) is 0.472. The van der Waals surface area contributed by atoms with Crippen molar-refractivity contribution in [3.8, 4) is 0 Å². The van der Waals surface area contributed by atoms with Crippen molar-refractivity contribution in [2.75, 3.05) is 18.5 Å². The zero-order chi connectivity index (χ0) is 16.1. The Balaban J connectivity index is 1.60. The van der Waals surface area contributed by atoms with Crippen molar-refractivity contribution in [2.45, 2.75) is 11.9 Å². The molecule has 1 aromatic heterocycles. The van der Waals surface area contributed by atoms with Gasteiger partial charge in [-0.25, -0.2) is 4.79 Å². The molecule has 1 fully saturated rings. The third kappa shape index (κ3) is 3.60. The van der Waals surface area contributed by atoms with Crippen LogP contribution in [0.3, 0.4) is 0 Å². The van der Waals surface area contributed by atoms with Gasteiger partial charge < -0.3 is 14.2 Å². The van der Waals surface area contributed by atoms with Gasteiger partial charge in [0.05, 0.1) is 17.5 Å². The van der Waals surface area contributed by atoms with Gasteiger partial charge in [0, 0.05) is 6.20 Å². The van der Waals surface area contributed by atoms with Gasteiger partial charge in [0.25, 0.3) is 0 Å². The van der Waals surface area contributed by atoms with Crippen LogP contribution >= 0.6 is 15.9 Å². The molecule has 5 nitrogen and oxygen atoms in total. The number of rotatable bonds is 5. The summed E-state index contributed by atoms with van der Waals surface area (Å²) in [7, 11) is 0. The lowest BCUT2D eigenvalue weighted by Crippen LogP contribution is -2.32. The minimum absolute atomic E-state index is 0.134. The molecular weight excluding hydrogens is 362 g/mol. The number of hydrogen-bond acceptors (Lipinski definition) is 5. The molecule has 1 saturated heterocycles. The molecule has 0 N–H and O–H groups in total. The summed E-state index contributed by atoms with van der Waals surface area (Å²) in [5.74, 6) is -1.31. The first-order chi connectivity index (χ1) is 11.2. The van der Waals surface area contributed by atoms with Gasteiger partial charge in [-0.3, -0.25) is 4.98 Å². The summed E-state index contributed by atoms with van der Waals surface area (Å²) in [6.07, 6.45) is 1.36. The SMILES string of the molecule is O=C(OC[C@H]1CO[C@](CBr)(c2ccccn2)O1)c1ccccc1. The van der Waals surface area contributed by atoms with Crippen LogP contribution in [0.25, 0.3) is 0 Å². The van der Waals surface area contributed by atoms with Crippen molar-refractivity contribution in [3.63, 3.8) is 0 Å². The quantitative estimate of drug-likeness (QED) is 0.592. The largest absolute Gasteiger partial charge is 0.459 e. The number of alkyl halides is 1. The summed E-state index contributed by atoms with van der Waals surface area (Å²) in [5.41, 5.74) is 1.21. The van der Waals surface area contributed by atoms with Crippen LogP contribution in [0.4, 0.5) is 0 Å². The van der Waals surface area contributed by atoms with Crippen molar-refractivity contribution in [3.05, 3.63) is 66.0 Å². The van der Waals surface area contributed by atoms with Crippen molar-refractivity contribution in [1.29, 1.82) is 0 Å². The van der Waals surface area contributed by atoms with E-state index in [0.717, 1.165) is 0 Å². The number of esters is 1. The number of nitrogens with zero attached hydrogens (tertiary/aromatic N) is 1. The Hall–Kier alpha value is -1.76. The molecule has 6 heteroatoms. The number of carbonyl (C=O) groups excluding carboxylic acids is 1. The fourth-order valence-electron chi connectivity index (χ4n) is 2.33. The number of halogens is 1. The fraction of sp³-hybridized carbons (Fsp3) is 0.294. The Kier molecular flexibility index (Phi) is 5.05. The fourth-order valence-corrected chi connectivity index (χ4v) is 2.92. The van der Waals surface area contributed by atoms with Gasteiger partial charge in [0.2, 0.25) is 5.79 Å². The zero-order valence-electron chi connectivity index (χ0n) is 12.4. The summed E-state index contributed by atoms with van der Waals surface area (Å²) < 4.78 is 17.1. The number of carbonyl (C=O) groups is 1. The molecule has 1 aliphatic rings. The molecule has 0 saturated carbocycles. The molecular formula is C17H16BrNO4. The highest BCUT2D eigenvalue weighted by molar-refractivity contribution is 9.09. The van der Waals surface area contributed by atoms with E-state index in [-0.39, 0.29) is 18.7 Å². The first-order valence-corrected chi connectivity index (χ1v) is 8.37. The maximum atomic E-state index is 12.0. The van der Waals surface area contributed by atoms with E-state index in [2.05, 4.69) is 20.9 Å². The van der Waals surface area contributed by atoms with Crippen LogP contribution in [0, 0.1) is 0 Å². The van der Waals surface area contributed by atoms with Gasteiger partial charge in [0.1, 0.15) is 18.4 Å². The van der Waals surface area contributed by atoms with Crippen molar-refractivity contribution in [2.24, 2.45) is 0 Å². The standard InChI is InChI=1S/C17H16BrNO4/c18-12-17(15-8-4-5-9-19-15)22-11-14(23-17)10-21-16(20)13-6-2-1-3-7-13/h1-9,14H,10-12H2/t14-,17-/m0/s1. The smallest absolute Gasteiger partial charge is 0.338 e. The van der Waals surface area contributed by atoms with Crippen LogP contribution in [0.5, 0.6) is 0 Å². The molecule has 0 spiro atoms. The number of benzene rings is 1. The molecule has 2 atom stereocenters. The van der Waals surface area contributed by atoms with Crippen molar-refractivity contribution in [1.82, 2.24) is 4.98 Å². The molecule has 0 unspecified atom stereocenters. The normalized spacial score (nSPS) is 23.6. The first-order valence-electron chi connectivity index (χ1n) is 7.25. The Bertz CT molecular complexity index is 652. The van der Waals surface area contributed by atoms with E-state index in [1.807, 2.05) is 24.3 Å². The zero-order valence-corrected chi connectivity index (χ0v) is 13.9. The maximum Gasteiger partial charge on any atom is 0.338 e. The van der Waals surface area contributed by atoms with E-state index < -0.39 is 5.79 Å². The third-order valence-electron chi connectivity index (χ3n) is 3.50. The molecule has 2 heterocycles. The van der Waals surface area contributed by atoms with Crippen LogP contribution in [0.1, 0.15) is 16.1 Å². The monoisotopic (exact) mass is 377 g/mol. The molecule has 23 heavy (non-hydrogen) atoms. The molecule has 0 bridgehead atoms. The van der Waals surface area contributed by atoms with Crippen LogP contribution in [-0.4, -0.2) is 35.6 Å². The number of ether oxygens (including phenoxy) is 3. The second kappa shape index (κ2) is 7.21. The van der Waals surface area contributed by atoms with Crippen molar-refractivity contribution < 1.29 is 19.0 Å². The molecule has 0 radical (unpaired) electrons. The lowest BCUT2D eigenvalue weighted by atomic mass is 10.2. The minimum atomic E-state index is -0.939. The first kappa shape index (κ1) is 16.1. The second-order valence-corrected chi connectivity index (χ2v) is 5.68. The highest BCUT2D eigenvalue weighted by Crippen LogP contribution is 2.34. The highest BCUT2D eigenvalue weighted by Gasteiger charge is 2.44. The van der Waals surface area contributed by atoms with Gasteiger partial charge in [-0.05, 0) is 24.3 Å². The average molecular weight is 378 g/mol. The van der Waals surface area contributed by atoms with Crippen LogP contribution in [0.2, 0.25) is 0 Å². The van der Waals surface area contributed by atoms with Gasteiger partial charge in [0.15, 0.2) is 0 Å². The summed E-state index contributed by atoms with van der Waals surface area (Å²) >= 11 is 3.42. The van der Waals surface area contributed by atoms with Gasteiger partial charge in [-0.2, -0.15) is 0 Å². The van der Waals surface area contributed by atoms with Crippen LogP contribution in [0.15, 0.2) is 54.7 Å². The Morgan fingerprint density at radius 3 is 2.74 bits per heavy atom. The molecule has 1 aliphatic heterocycles. The van der Waals surface area contributed by atoms with Crippen LogP contribution in [-0.2, 0) is 20.0 Å². The van der Waals surface area contributed by atoms with Gasteiger partial charge in [-0.1, -0.05) is 40.2 Å². The second-order valence-electron chi connectivity index (χ2n) is 5.12. The molecule has 0 amide bonds. The van der Waals surface area contributed by atoms with E-state index in [4.69, 9.17) is 14.2 Å². The van der Waals surface area contributed by atoms with Gasteiger partial charge in [-0.15, -0.1) is 0 Å². The van der Waals surface area contributed by atoms with Gasteiger partial charge >= 0.3 is 5.97 Å². The Labute approximate surface area is 142 Å². The lowest BCUT2D eigenvalue weighted by molar-refractivity contribution is -0.163. The van der Waals surface area contributed by atoms with E-state index in [0.29, 0.717) is 23.2 Å². The molecule has 1 aromatic carbocycles. The lowest BCUT2D eigenvalue weighted by Gasteiger charge is -2.25. The molecule has 3 rings (SSSR count). The minimum Gasteiger partial charge on any atom is -0.459 e. The Morgan fingerprint density at radius 2 is 2.04 bits per heavy atom. The predicted molar refractivity (Wildman–Crippen MR) is 87.3 cm³/mol. The third-order valence-corrected chi connectivity index (χ3v) is 4.24. The molecule has 120 valence electrons. The molecule has 0 aliphatic carbocycles. The maximum absolute atomic E-state index is 12.0. The summed E-state index contributed by atoms with van der Waals surface area (Å²) in [4.78, 5) is 16.3. The number of hydrogen-bond donors (Lipinski definition) is 0. The van der Waals surface area contributed by atoms with Crippen LogP contribution < -0.4 is 0 Å². The summed E-state index contributed by atoms with van der Waals surface area (Å²) in [6, 6.07) is 14.4. The number of aromatic nitrogens is 1. The van der Waals surface area contributed by atoms with Crippen molar-refractivity contribution >= 4 is 21.9 Å². The predicted octanol–water partition coefficient (Wildman–Crippen LogP) is 2.90. The average Bonchev–Trinajstić information content (AvgIpc) is 3.06. The highest BCUT2D eigenvalue weighted by atomic mass is 79.9. The Morgan fingerprint density at radius 1 is 1.26 bits per heavy atom.